The van der Waals surface area contributed by atoms with E-state index in [9.17, 15) is 12.8 Å². The van der Waals surface area contributed by atoms with Crippen molar-refractivity contribution < 1.29 is 12.8 Å². The molecule has 1 aromatic rings. The molecule has 1 saturated heterocycles. The number of hydrogen-bond donors (Lipinski definition) is 1. The number of benzene rings is 1. The topological polar surface area (TPSA) is 49.4 Å². The van der Waals surface area contributed by atoms with Gasteiger partial charge in [-0.05, 0) is 38.0 Å². The van der Waals surface area contributed by atoms with Crippen LogP contribution in [0.25, 0.3) is 0 Å². The van der Waals surface area contributed by atoms with E-state index in [1.54, 1.807) is 12.1 Å². The van der Waals surface area contributed by atoms with Gasteiger partial charge in [-0.3, -0.25) is 0 Å². The molecule has 0 saturated carbocycles. The molecule has 2 rings (SSSR count). The van der Waals surface area contributed by atoms with Gasteiger partial charge >= 0.3 is 0 Å². The highest BCUT2D eigenvalue weighted by Crippen LogP contribution is 2.23. The lowest BCUT2D eigenvalue weighted by Crippen LogP contribution is -2.45. The van der Waals surface area contributed by atoms with Crippen LogP contribution in [0.3, 0.4) is 0 Å². The third kappa shape index (κ3) is 4.48. The Morgan fingerprint density at radius 2 is 2.00 bits per heavy atom. The van der Waals surface area contributed by atoms with Crippen molar-refractivity contribution in [3.05, 3.63) is 34.1 Å². The van der Waals surface area contributed by atoms with Gasteiger partial charge in [0.2, 0.25) is 10.0 Å². The lowest BCUT2D eigenvalue weighted by atomic mass is 10.0. The monoisotopic (exact) mass is 378 g/mol. The first kappa shape index (κ1) is 16.9. The van der Waals surface area contributed by atoms with Gasteiger partial charge in [-0.25, -0.2) is 17.1 Å². The Bertz CT molecular complexity index is 601. The molecule has 0 bridgehead atoms. The molecule has 4 nitrogen and oxygen atoms in total. The molecule has 1 unspecified atom stereocenters. The van der Waals surface area contributed by atoms with Crippen molar-refractivity contribution in [3.63, 3.8) is 0 Å². The molecule has 1 aliphatic heterocycles. The molecule has 0 aliphatic carbocycles. The molecule has 1 aromatic carbocycles. The highest BCUT2D eigenvalue weighted by atomic mass is 79.9. The van der Waals surface area contributed by atoms with Gasteiger partial charge in [0.15, 0.2) is 0 Å². The molecule has 1 atom stereocenters. The molecule has 0 aromatic heterocycles. The van der Waals surface area contributed by atoms with Crippen molar-refractivity contribution in [2.24, 2.45) is 0 Å². The van der Waals surface area contributed by atoms with Gasteiger partial charge < -0.3 is 5.32 Å². The standard InChI is InChI=1S/C14H20BrFN2O2S/c1-10(13-9-11(15)3-4-14(13)16)17-12-5-7-18(8-6-12)21(2,19)20/h3-4,9-10,12,17H,5-8H2,1-2H3. The molecule has 7 heteroatoms. The number of nitrogens with zero attached hydrogens (tertiary/aromatic N) is 1. The van der Waals surface area contributed by atoms with Gasteiger partial charge in [-0.15, -0.1) is 0 Å². The van der Waals surface area contributed by atoms with E-state index >= 15 is 0 Å². The van der Waals surface area contributed by atoms with Crippen LogP contribution >= 0.6 is 15.9 Å². The fraction of sp³-hybridized carbons (Fsp3) is 0.571. The maximum absolute atomic E-state index is 13.8. The summed E-state index contributed by atoms with van der Waals surface area (Å²) in [5, 5.41) is 3.39. The predicted octanol–water partition coefficient (Wildman–Crippen LogP) is 2.66. The van der Waals surface area contributed by atoms with Crippen LogP contribution in [0, 0.1) is 5.82 Å². The summed E-state index contributed by atoms with van der Waals surface area (Å²) in [5.74, 6) is -0.230. The summed E-state index contributed by atoms with van der Waals surface area (Å²) in [5.41, 5.74) is 0.620. The molecule has 1 fully saturated rings. The van der Waals surface area contributed by atoms with Crippen molar-refractivity contribution in [2.75, 3.05) is 19.3 Å². The normalized spacial score (nSPS) is 19.6. The number of piperidine rings is 1. The Balaban J connectivity index is 1.96. The van der Waals surface area contributed by atoms with Crippen molar-refractivity contribution >= 4 is 26.0 Å². The number of nitrogens with one attached hydrogen (secondary N) is 1. The van der Waals surface area contributed by atoms with E-state index in [-0.39, 0.29) is 17.9 Å². The second kappa shape index (κ2) is 6.73. The zero-order chi connectivity index (χ0) is 15.6. The third-order valence-corrected chi connectivity index (χ3v) is 5.63. The quantitative estimate of drug-likeness (QED) is 0.875. The Kier molecular flexibility index (Phi) is 5.40. The summed E-state index contributed by atoms with van der Waals surface area (Å²) in [6, 6.07) is 4.99. The van der Waals surface area contributed by atoms with Crippen LogP contribution in [-0.4, -0.2) is 38.1 Å². The number of rotatable bonds is 4. The molecule has 0 radical (unpaired) electrons. The van der Waals surface area contributed by atoms with Crippen LogP contribution in [-0.2, 0) is 10.0 Å². The van der Waals surface area contributed by atoms with Crippen LogP contribution in [0.15, 0.2) is 22.7 Å². The van der Waals surface area contributed by atoms with Crippen LogP contribution in [0.4, 0.5) is 4.39 Å². The van der Waals surface area contributed by atoms with Crippen LogP contribution in [0.1, 0.15) is 31.4 Å². The van der Waals surface area contributed by atoms with Gasteiger partial charge in [0.25, 0.3) is 0 Å². The fourth-order valence-corrected chi connectivity index (χ4v) is 3.90. The van der Waals surface area contributed by atoms with Gasteiger partial charge in [0.05, 0.1) is 6.26 Å². The summed E-state index contributed by atoms with van der Waals surface area (Å²) in [6.07, 6.45) is 2.72. The highest BCUT2D eigenvalue weighted by Gasteiger charge is 2.26. The van der Waals surface area contributed by atoms with Gasteiger partial charge in [0, 0.05) is 35.2 Å². The van der Waals surface area contributed by atoms with Crippen molar-refractivity contribution in [2.45, 2.75) is 31.8 Å². The summed E-state index contributed by atoms with van der Waals surface area (Å²) in [4.78, 5) is 0. The van der Waals surface area contributed by atoms with Crippen molar-refractivity contribution in [1.82, 2.24) is 9.62 Å². The minimum absolute atomic E-state index is 0.114. The summed E-state index contributed by atoms with van der Waals surface area (Å²) >= 11 is 3.35. The minimum atomic E-state index is -3.10. The van der Waals surface area contributed by atoms with E-state index in [2.05, 4.69) is 21.2 Å². The average Bonchev–Trinajstić information content (AvgIpc) is 2.41. The van der Waals surface area contributed by atoms with Gasteiger partial charge in [-0.1, -0.05) is 15.9 Å². The molecule has 21 heavy (non-hydrogen) atoms. The first-order valence-electron chi connectivity index (χ1n) is 6.93. The predicted molar refractivity (Wildman–Crippen MR) is 85.1 cm³/mol. The minimum Gasteiger partial charge on any atom is -0.307 e. The fourth-order valence-electron chi connectivity index (χ4n) is 2.64. The van der Waals surface area contributed by atoms with Crippen molar-refractivity contribution in [1.29, 1.82) is 0 Å². The lowest BCUT2D eigenvalue weighted by molar-refractivity contribution is 0.277. The van der Waals surface area contributed by atoms with E-state index in [1.807, 2.05) is 6.92 Å². The molecule has 1 N–H and O–H groups in total. The Labute approximate surface area is 133 Å². The maximum Gasteiger partial charge on any atom is 0.211 e. The molecular formula is C14H20BrFN2O2S. The van der Waals surface area contributed by atoms with Gasteiger partial charge in [0.1, 0.15) is 5.82 Å². The van der Waals surface area contributed by atoms with E-state index in [1.165, 1.54) is 16.6 Å². The van der Waals surface area contributed by atoms with Gasteiger partial charge in [-0.2, -0.15) is 0 Å². The Morgan fingerprint density at radius 3 is 2.57 bits per heavy atom. The number of hydrogen-bond acceptors (Lipinski definition) is 3. The van der Waals surface area contributed by atoms with Crippen molar-refractivity contribution in [3.8, 4) is 0 Å². The van der Waals surface area contributed by atoms with E-state index in [4.69, 9.17) is 0 Å². The Morgan fingerprint density at radius 1 is 1.38 bits per heavy atom. The SMILES string of the molecule is CC(NC1CCN(S(C)(=O)=O)CC1)c1cc(Br)ccc1F. The molecule has 1 aliphatic rings. The molecule has 118 valence electrons. The number of sulfonamides is 1. The first-order chi connectivity index (χ1) is 9.77. The smallest absolute Gasteiger partial charge is 0.211 e. The Hall–Kier alpha value is -0.500. The molecule has 0 amide bonds. The summed E-state index contributed by atoms with van der Waals surface area (Å²) in [6.45, 7) is 2.96. The van der Waals surface area contributed by atoms with E-state index < -0.39 is 10.0 Å². The average molecular weight is 379 g/mol. The second-order valence-corrected chi connectivity index (χ2v) is 8.39. The van der Waals surface area contributed by atoms with E-state index in [0.717, 1.165) is 17.3 Å². The van der Waals surface area contributed by atoms with Crippen LogP contribution in [0.5, 0.6) is 0 Å². The first-order valence-corrected chi connectivity index (χ1v) is 9.57. The zero-order valence-electron chi connectivity index (χ0n) is 12.1. The zero-order valence-corrected chi connectivity index (χ0v) is 14.5. The molecule has 0 spiro atoms. The largest absolute Gasteiger partial charge is 0.307 e. The second-order valence-electron chi connectivity index (χ2n) is 5.49. The van der Waals surface area contributed by atoms with Crippen LogP contribution < -0.4 is 5.32 Å². The third-order valence-electron chi connectivity index (χ3n) is 3.83. The lowest BCUT2D eigenvalue weighted by Gasteiger charge is -2.32. The van der Waals surface area contributed by atoms with Crippen LogP contribution in [0.2, 0.25) is 0 Å². The maximum atomic E-state index is 13.8. The summed E-state index contributed by atoms with van der Waals surface area (Å²) in [7, 11) is -3.10. The van der Waals surface area contributed by atoms with E-state index in [0.29, 0.717) is 18.7 Å². The number of halogens is 2. The summed E-state index contributed by atoms with van der Waals surface area (Å²) < 4.78 is 39.1. The molecular weight excluding hydrogens is 359 g/mol. The molecule has 1 heterocycles. The highest BCUT2D eigenvalue weighted by molar-refractivity contribution is 9.10.